The lowest BCUT2D eigenvalue weighted by Crippen LogP contribution is -2.79. The lowest BCUT2D eigenvalue weighted by atomic mass is 9.93. The summed E-state index contributed by atoms with van der Waals surface area (Å²) < 4.78 is 22.6. The number of carbonyl (C=O) groups excluding carboxylic acids is 3. The first-order valence-corrected chi connectivity index (χ1v) is 15.5. The Balaban J connectivity index is 0.000000963. The Morgan fingerprint density at radius 3 is 2.33 bits per heavy atom. The van der Waals surface area contributed by atoms with Crippen molar-refractivity contribution in [1.82, 2.24) is 9.80 Å². The van der Waals surface area contributed by atoms with Gasteiger partial charge in [0.2, 0.25) is 9.74 Å². The highest BCUT2D eigenvalue weighted by Gasteiger charge is 2.78. The summed E-state index contributed by atoms with van der Waals surface area (Å²) in [6, 6.07) is 7.26. The summed E-state index contributed by atoms with van der Waals surface area (Å²) in [5.74, 6) is -2.15. The number of esters is 1. The van der Waals surface area contributed by atoms with E-state index >= 15 is 0 Å². The van der Waals surface area contributed by atoms with Crippen LogP contribution in [0.5, 0.6) is 23.0 Å². The van der Waals surface area contributed by atoms with E-state index in [1.807, 2.05) is 0 Å². The minimum absolute atomic E-state index is 0.0624. The average Bonchev–Trinajstić information content (AvgIpc) is 3.16. The van der Waals surface area contributed by atoms with Gasteiger partial charge in [-0.25, -0.2) is 4.79 Å². The van der Waals surface area contributed by atoms with Gasteiger partial charge in [0, 0.05) is 26.8 Å². The van der Waals surface area contributed by atoms with Crippen LogP contribution >= 0.6 is 21.6 Å². The number of carbonyl (C=O) groups is 3. The van der Waals surface area contributed by atoms with Gasteiger partial charge < -0.3 is 54.3 Å². The molecule has 45 heavy (non-hydrogen) atoms. The second kappa shape index (κ2) is 12.1. The summed E-state index contributed by atoms with van der Waals surface area (Å²) in [6.45, 7) is 0. The van der Waals surface area contributed by atoms with Gasteiger partial charge in [0.05, 0.1) is 25.2 Å². The number of benzene rings is 2. The largest absolute Gasteiger partial charge is 0.504 e. The number of phenolic OH excluding ortho intramolecular Hbond substituents is 1. The van der Waals surface area contributed by atoms with Crippen molar-refractivity contribution in [2.75, 3.05) is 28.4 Å². The molecule has 6 heterocycles. The number of ether oxygens (including phenoxy) is 4. The number of likely N-dealkylation sites (N-methyl/N-ethyl adjacent to an activating group) is 1. The number of aliphatic hydroxyl groups is 4. The SMILES string of the molecule is CO.CO.COc1ccc2cc1Oc1cc(ccc1O)[C@H](O)[C@]13SS[C@@]4(C(=O)N1C)[C@H](O)C1=COC=C[C@H](OC2=O)[C@H]1N4C3=O. The summed E-state index contributed by atoms with van der Waals surface area (Å²) >= 11 is 0. The number of aliphatic hydroxyl groups excluding tert-OH is 4. The van der Waals surface area contributed by atoms with Gasteiger partial charge in [-0.15, -0.1) is 0 Å². The molecular weight excluding hydrogens is 632 g/mol. The number of aromatic hydroxyl groups is 1. The van der Waals surface area contributed by atoms with Crippen LogP contribution < -0.4 is 9.47 Å². The Morgan fingerprint density at radius 2 is 1.62 bits per heavy atom. The van der Waals surface area contributed by atoms with Crippen LogP contribution in [0.15, 0.2) is 60.6 Å². The summed E-state index contributed by atoms with van der Waals surface area (Å²) in [6.07, 6.45) is -0.351. The highest BCUT2D eigenvalue weighted by molar-refractivity contribution is 8.78. The van der Waals surface area contributed by atoms with E-state index in [1.165, 1.54) is 74.1 Å². The molecule has 240 valence electrons. The quantitative estimate of drug-likeness (QED) is 0.216. The van der Waals surface area contributed by atoms with Crippen LogP contribution in [0.25, 0.3) is 0 Å². The van der Waals surface area contributed by atoms with Crippen molar-refractivity contribution in [3.63, 3.8) is 0 Å². The van der Waals surface area contributed by atoms with Gasteiger partial charge in [0.1, 0.15) is 24.4 Å². The fraction of sp³-hybridized carbons (Fsp3) is 0.345. The second-order valence-corrected chi connectivity index (χ2v) is 12.6. The zero-order valence-corrected chi connectivity index (χ0v) is 25.9. The van der Waals surface area contributed by atoms with Gasteiger partial charge in [-0.3, -0.25) is 9.59 Å². The lowest BCUT2D eigenvalue weighted by molar-refractivity contribution is -0.175. The molecule has 0 radical (unpaired) electrons. The molecule has 0 aromatic heterocycles. The molecule has 14 nitrogen and oxygen atoms in total. The molecule has 16 heteroatoms. The average molecular weight is 663 g/mol. The van der Waals surface area contributed by atoms with Crippen molar-refractivity contribution in [2.24, 2.45) is 0 Å². The first kappa shape index (κ1) is 32.5. The minimum atomic E-state index is -1.88. The number of hydrogen-bond acceptors (Lipinski definition) is 14. The molecule has 2 aromatic carbocycles. The third kappa shape index (κ3) is 4.46. The number of methoxy groups -OCH3 is 1. The number of rotatable bonds is 1. The molecule has 6 aliphatic heterocycles. The van der Waals surface area contributed by atoms with Crippen molar-refractivity contribution in [3.05, 3.63) is 71.7 Å². The van der Waals surface area contributed by atoms with Gasteiger partial charge in [-0.2, -0.15) is 0 Å². The minimum Gasteiger partial charge on any atom is -0.504 e. The van der Waals surface area contributed by atoms with E-state index < -0.39 is 51.9 Å². The Labute approximate surface area is 264 Å². The maximum atomic E-state index is 14.5. The van der Waals surface area contributed by atoms with Crippen molar-refractivity contribution in [1.29, 1.82) is 0 Å². The molecule has 8 rings (SSSR count). The van der Waals surface area contributed by atoms with Gasteiger partial charge >= 0.3 is 5.97 Å². The Hall–Kier alpha value is -3.93. The summed E-state index contributed by atoms with van der Waals surface area (Å²) in [5, 5.41) is 48.0. The topological polar surface area (TPSA) is 196 Å². The Kier molecular flexibility index (Phi) is 8.74. The monoisotopic (exact) mass is 662 g/mol. The van der Waals surface area contributed by atoms with Gasteiger partial charge in [0.25, 0.3) is 11.8 Å². The van der Waals surface area contributed by atoms with Crippen LogP contribution in [0.4, 0.5) is 0 Å². The molecule has 0 saturated carbocycles. The fourth-order valence-corrected chi connectivity index (χ4v) is 9.76. The lowest BCUT2D eigenvalue weighted by Gasteiger charge is -2.60. The number of fused-ring (bicyclic) bond motifs is 6. The summed E-state index contributed by atoms with van der Waals surface area (Å²) in [7, 11) is 6.70. The molecule has 7 bridgehead atoms. The number of piperazine rings is 1. The predicted molar refractivity (Wildman–Crippen MR) is 160 cm³/mol. The van der Waals surface area contributed by atoms with Crippen LogP contribution in [0.1, 0.15) is 22.0 Å². The van der Waals surface area contributed by atoms with E-state index in [4.69, 9.17) is 29.2 Å². The van der Waals surface area contributed by atoms with Gasteiger partial charge in [-0.05, 0) is 63.6 Å². The van der Waals surface area contributed by atoms with Crippen molar-refractivity contribution >= 4 is 39.4 Å². The first-order chi connectivity index (χ1) is 21.6. The highest BCUT2D eigenvalue weighted by atomic mass is 33.1. The molecule has 0 aliphatic carbocycles. The van der Waals surface area contributed by atoms with E-state index in [-0.39, 0.29) is 39.7 Å². The maximum Gasteiger partial charge on any atom is 0.338 e. The number of amides is 2. The van der Waals surface area contributed by atoms with E-state index in [1.54, 1.807) is 0 Å². The third-order valence-corrected chi connectivity index (χ3v) is 11.6. The van der Waals surface area contributed by atoms with Crippen LogP contribution in [0, 0.1) is 0 Å². The third-order valence-electron chi connectivity index (χ3n) is 7.99. The van der Waals surface area contributed by atoms with E-state index in [0.717, 1.165) is 40.7 Å². The number of hydrogen-bond donors (Lipinski definition) is 5. The molecule has 5 N–H and O–H groups in total. The van der Waals surface area contributed by atoms with Crippen LogP contribution in [0.3, 0.4) is 0 Å². The highest BCUT2D eigenvalue weighted by Crippen LogP contribution is 2.67. The zero-order chi connectivity index (χ0) is 32.8. The zero-order valence-electron chi connectivity index (χ0n) is 24.3. The molecule has 4 fully saturated rings. The standard InChI is InChI=1S/C27H22N2O10S2.2CH4O/c1-28-24(34)27-22(32)14-11-37-8-7-17-20(14)29(27)25(35)26(28,40-41-27)21(31)12-3-5-15(30)18(9-12)38-19-10-13(23(33)39-17)4-6-16(19)36-2;2*1-2/h3-11,17,20-22,30-32H,1-2H3;2*2H,1H3/t17-,20-,21-,22+,26+,27+;;/m0../s1. The van der Waals surface area contributed by atoms with E-state index in [0.29, 0.717) is 0 Å². The van der Waals surface area contributed by atoms with Gasteiger partial charge in [-0.1, -0.05) is 6.07 Å². The molecule has 2 spiro atoms. The smallest absolute Gasteiger partial charge is 0.338 e. The van der Waals surface area contributed by atoms with Crippen molar-refractivity contribution in [2.45, 2.75) is 34.1 Å². The predicted octanol–water partition coefficient (Wildman–Crippen LogP) is 1.24. The molecule has 0 unspecified atom stereocenters. The molecule has 2 amide bonds. The fourth-order valence-electron chi connectivity index (χ4n) is 5.89. The number of phenols is 1. The summed E-state index contributed by atoms with van der Waals surface area (Å²) in [4.78, 5) is 40.7. The van der Waals surface area contributed by atoms with Crippen LogP contribution in [0.2, 0.25) is 0 Å². The van der Waals surface area contributed by atoms with Gasteiger partial charge in [0.15, 0.2) is 23.0 Å². The van der Waals surface area contributed by atoms with Crippen LogP contribution in [-0.4, -0.2) is 109 Å². The van der Waals surface area contributed by atoms with Crippen molar-refractivity contribution in [3.8, 4) is 23.0 Å². The second-order valence-electron chi connectivity index (χ2n) is 10.00. The molecular formula is C29H30N2O12S2. The summed E-state index contributed by atoms with van der Waals surface area (Å²) in [5.41, 5.74) is 0.396. The molecule has 6 atom stereocenters. The number of nitrogens with zero attached hydrogens (tertiary/aromatic N) is 2. The van der Waals surface area contributed by atoms with E-state index in [9.17, 15) is 29.7 Å². The Morgan fingerprint density at radius 1 is 0.911 bits per heavy atom. The Bertz CT molecular complexity index is 1600. The van der Waals surface area contributed by atoms with E-state index in [2.05, 4.69) is 0 Å². The molecule has 4 saturated heterocycles. The molecule has 2 aromatic rings. The first-order valence-electron chi connectivity index (χ1n) is 13.3. The van der Waals surface area contributed by atoms with Crippen LogP contribution in [-0.2, 0) is 19.1 Å². The maximum absolute atomic E-state index is 14.5. The van der Waals surface area contributed by atoms with Crippen molar-refractivity contribution < 1.29 is 58.9 Å². The normalized spacial score (nSPS) is 30.5. The molecule has 6 aliphatic rings.